The Bertz CT molecular complexity index is 606. The Kier molecular flexibility index (Phi) is 5.09. The third-order valence-corrected chi connectivity index (χ3v) is 4.32. The third kappa shape index (κ3) is 4.37. The Labute approximate surface area is 129 Å². The molecule has 0 spiro atoms. The van der Waals surface area contributed by atoms with E-state index in [9.17, 15) is 4.79 Å². The summed E-state index contributed by atoms with van der Waals surface area (Å²) in [6.07, 6.45) is 1.86. The van der Waals surface area contributed by atoms with E-state index in [0.717, 1.165) is 10.7 Å². The van der Waals surface area contributed by atoms with E-state index >= 15 is 0 Å². The van der Waals surface area contributed by atoms with Crippen molar-refractivity contribution in [3.8, 4) is 0 Å². The van der Waals surface area contributed by atoms with Gasteiger partial charge in [-0.25, -0.2) is 4.98 Å². The van der Waals surface area contributed by atoms with E-state index < -0.39 is 0 Å². The molecule has 2 aromatic rings. The minimum atomic E-state index is -0.287. The van der Waals surface area contributed by atoms with Crippen molar-refractivity contribution in [2.75, 3.05) is 5.32 Å². The third-order valence-electron chi connectivity index (χ3n) is 3.22. The molecular weight excluding hydrogens is 282 g/mol. The van der Waals surface area contributed by atoms with E-state index in [1.54, 1.807) is 11.3 Å². The van der Waals surface area contributed by atoms with Crippen molar-refractivity contribution in [2.45, 2.75) is 39.8 Å². The highest BCUT2D eigenvalue weighted by Gasteiger charge is 2.18. The van der Waals surface area contributed by atoms with Crippen LogP contribution in [0.1, 0.15) is 35.3 Å². The van der Waals surface area contributed by atoms with Crippen LogP contribution in [-0.2, 0) is 4.79 Å². The first kappa shape index (κ1) is 15.7. The normalized spacial score (nSPS) is 13.7. The Balaban J connectivity index is 1.91. The van der Waals surface area contributed by atoms with Gasteiger partial charge >= 0.3 is 0 Å². The van der Waals surface area contributed by atoms with Crippen LogP contribution in [0.15, 0.2) is 30.5 Å². The highest BCUT2D eigenvalue weighted by molar-refractivity contribution is 7.11. The topological polar surface area (TPSA) is 54.0 Å². The maximum Gasteiger partial charge on any atom is 0.241 e. The average Bonchev–Trinajstić information content (AvgIpc) is 2.88. The number of aromatic nitrogens is 1. The van der Waals surface area contributed by atoms with Crippen LogP contribution in [-0.4, -0.2) is 16.9 Å². The molecule has 5 heteroatoms. The maximum atomic E-state index is 12.2. The summed E-state index contributed by atoms with van der Waals surface area (Å²) in [5.74, 6) is -0.0426. The molecule has 0 radical (unpaired) electrons. The molecule has 1 aromatic carbocycles. The summed E-state index contributed by atoms with van der Waals surface area (Å²) in [7, 11) is 0. The molecule has 0 fully saturated rings. The Morgan fingerprint density at radius 1 is 1.19 bits per heavy atom. The van der Waals surface area contributed by atoms with Gasteiger partial charge in [0.2, 0.25) is 5.91 Å². The molecule has 0 aliphatic heterocycles. The summed E-state index contributed by atoms with van der Waals surface area (Å²) in [6.45, 7) is 7.93. The second-order valence-corrected chi connectivity index (χ2v) is 6.54. The van der Waals surface area contributed by atoms with Gasteiger partial charge in [0.1, 0.15) is 5.01 Å². The Morgan fingerprint density at radius 3 is 2.43 bits per heavy atom. The van der Waals surface area contributed by atoms with Crippen molar-refractivity contribution in [1.29, 1.82) is 0 Å². The maximum absolute atomic E-state index is 12.2. The van der Waals surface area contributed by atoms with E-state index in [1.807, 2.05) is 58.2 Å². The molecular formula is C16H21N3OS. The lowest BCUT2D eigenvalue weighted by Crippen LogP contribution is -2.39. The smallest absolute Gasteiger partial charge is 0.241 e. The molecule has 0 aliphatic carbocycles. The average molecular weight is 303 g/mol. The van der Waals surface area contributed by atoms with Crippen LogP contribution in [0, 0.1) is 13.8 Å². The van der Waals surface area contributed by atoms with Crippen LogP contribution < -0.4 is 10.6 Å². The number of carbonyl (C=O) groups excluding carboxylic acids is 1. The van der Waals surface area contributed by atoms with Gasteiger partial charge in [-0.15, -0.1) is 11.3 Å². The first-order valence-corrected chi connectivity index (χ1v) is 7.83. The monoisotopic (exact) mass is 303 g/mol. The van der Waals surface area contributed by atoms with E-state index in [2.05, 4.69) is 15.6 Å². The molecule has 21 heavy (non-hydrogen) atoms. The van der Waals surface area contributed by atoms with Gasteiger partial charge in [0.15, 0.2) is 0 Å². The van der Waals surface area contributed by atoms with Gasteiger partial charge in [-0.3, -0.25) is 10.1 Å². The first-order valence-electron chi connectivity index (χ1n) is 7.01. The standard InChI is InChI=1S/C16H21N3OS/c1-10-5-7-14(8-6-10)19-15(20)12(3)18-13(4)16-17-9-11(2)21-16/h5-9,12-13,18H,1-4H3,(H,19,20). The van der Waals surface area contributed by atoms with E-state index in [0.29, 0.717) is 0 Å². The fraction of sp³-hybridized carbons (Fsp3) is 0.375. The molecule has 0 bridgehead atoms. The lowest BCUT2D eigenvalue weighted by atomic mass is 10.2. The van der Waals surface area contributed by atoms with Gasteiger partial charge in [0.25, 0.3) is 0 Å². The molecule has 0 aliphatic rings. The number of aryl methyl sites for hydroxylation is 2. The quantitative estimate of drug-likeness (QED) is 0.889. The molecule has 2 unspecified atom stereocenters. The predicted octanol–water partition coefficient (Wildman–Crippen LogP) is 3.44. The molecule has 1 aromatic heterocycles. The van der Waals surface area contributed by atoms with Crippen molar-refractivity contribution >= 4 is 22.9 Å². The van der Waals surface area contributed by atoms with Gasteiger partial charge in [-0.05, 0) is 39.8 Å². The fourth-order valence-electron chi connectivity index (χ4n) is 1.98. The number of amides is 1. The van der Waals surface area contributed by atoms with Crippen molar-refractivity contribution in [1.82, 2.24) is 10.3 Å². The van der Waals surface area contributed by atoms with Gasteiger partial charge in [0, 0.05) is 16.8 Å². The SMILES string of the molecule is Cc1ccc(NC(=O)C(C)NC(C)c2ncc(C)s2)cc1. The number of thiazole rings is 1. The molecule has 0 saturated heterocycles. The van der Waals surface area contributed by atoms with Crippen LogP contribution in [0.5, 0.6) is 0 Å². The number of anilines is 1. The molecule has 1 amide bonds. The number of nitrogens with one attached hydrogen (secondary N) is 2. The van der Waals surface area contributed by atoms with Crippen LogP contribution in [0.2, 0.25) is 0 Å². The molecule has 4 nitrogen and oxygen atoms in total. The predicted molar refractivity (Wildman–Crippen MR) is 87.7 cm³/mol. The number of nitrogens with zero attached hydrogens (tertiary/aromatic N) is 1. The van der Waals surface area contributed by atoms with Gasteiger partial charge < -0.3 is 5.32 Å². The molecule has 2 N–H and O–H groups in total. The minimum absolute atomic E-state index is 0.0426. The van der Waals surface area contributed by atoms with Gasteiger partial charge in [0.05, 0.1) is 12.1 Å². The van der Waals surface area contributed by atoms with Crippen molar-refractivity contribution in [3.05, 3.63) is 45.9 Å². The number of hydrogen-bond donors (Lipinski definition) is 2. The van der Waals surface area contributed by atoms with Crippen molar-refractivity contribution < 1.29 is 4.79 Å². The largest absolute Gasteiger partial charge is 0.325 e. The number of benzene rings is 1. The summed E-state index contributed by atoms with van der Waals surface area (Å²) in [6, 6.07) is 7.55. The lowest BCUT2D eigenvalue weighted by molar-refractivity contribution is -0.117. The van der Waals surface area contributed by atoms with Crippen LogP contribution >= 0.6 is 11.3 Å². The molecule has 112 valence electrons. The zero-order valence-corrected chi connectivity index (χ0v) is 13.6. The summed E-state index contributed by atoms with van der Waals surface area (Å²) >= 11 is 1.65. The highest BCUT2D eigenvalue weighted by atomic mass is 32.1. The number of carbonyl (C=O) groups is 1. The zero-order chi connectivity index (χ0) is 15.4. The highest BCUT2D eigenvalue weighted by Crippen LogP contribution is 2.19. The summed E-state index contributed by atoms with van der Waals surface area (Å²) in [4.78, 5) is 17.7. The van der Waals surface area contributed by atoms with Crippen LogP contribution in [0.3, 0.4) is 0 Å². The van der Waals surface area contributed by atoms with Gasteiger partial charge in [-0.1, -0.05) is 17.7 Å². The summed E-state index contributed by atoms with van der Waals surface area (Å²) in [5, 5.41) is 7.19. The first-order chi connectivity index (χ1) is 9.95. The van der Waals surface area contributed by atoms with Crippen molar-refractivity contribution in [2.24, 2.45) is 0 Å². The second kappa shape index (κ2) is 6.83. The summed E-state index contributed by atoms with van der Waals surface area (Å²) in [5.41, 5.74) is 1.99. The van der Waals surface area contributed by atoms with E-state index in [1.165, 1.54) is 10.4 Å². The Morgan fingerprint density at radius 2 is 1.86 bits per heavy atom. The van der Waals surface area contributed by atoms with E-state index in [4.69, 9.17) is 0 Å². The van der Waals surface area contributed by atoms with Crippen LogP contribution in [0.4, 0.5) is 5.69 Å². The summed E-state index contributed by atoms with van der Waals surface area (Å²) < 4.78 is 0. The molecule has 0 saturated carbocycles. The van der Waals surface area contributed by atoms with Crippen LogP contribution in [0.25, 0.3) is 0 Å². The van der Waals surface area contributed by atoms with Gasteiger partial charge in [-0.2, -0.15) is 0 Å². The number of hydrogen-bond acceptors (Lipinski definition) is 4. The molecule has 1 heterocycles. The Hall–Kier alpha value is -1.72. The van der Waals surface area contributed by atoms with E-state index in [-0.39, 0.29) is 18.0 Å². The molecule has 2 rings (SSSR count). The van der Waals surface area contributed by atoms with Crippen molar-refractivity contribution in [3.63, 3.8) is 0 Å². The fourth-order valence-corrected chi connectivity index (χ4v) is 2.77. The second-order valence-electron chi connectivity index (χ2n) is 5.27. The minimum Gasteiger partial charge on any atom is -0.325 e. The number of rotatable bonds is 5. The molecule has 2 atom stereocenters. The zero-order valence-electron chi connectivity index (χ0n) is 12.8. The lowest BCUT2D eigenvalue weighted by Gasteiger charge is -2.18.